The second-order valence-corrected chi connectivity index (χ2v) is 9.80. The van der Waals surface area contributed by atoms with E-state index in [4.69, 9.17) is 4.74 Å². The molecule has 0 bridgehead atoms. The molecule has 0 aliphatic heterocycles. The van der Waals surface area contributed by atoms with Crippen molar-refractivity contribution in [3.8, 4) is 0 Å². The first-order valence-electron chi connectivity index (χ1n) is 10.3. The van der Waals surface area contributed by atoms with Gasteiger partial charge in [0.05, 0.1) is 11.9 Å². The van der Waals surface area contributed by atoms with E-state index in [-0.39, 0.29) is 11.9 Å². The number of aliphatic imine (C=N–C) groups is 1. The van der Waals surface area contributed by atoms with E-state index >= 15 is 0 Å². The van der Waals surface area contributed by atoms with Gasteiger partial charge in [-0.05, 0) is 55.4 Å². The minimum absolute atomic E-state index is 0.117. The number of hydrogen-bond acceptors (Lipinski definition) is 4. The molecule has 2 N–H and O–H groups in total. The van der Waals surface area contributed by atoms with Gasteiger partial charge in [-0.1, -0.05) is 18.9 Å². The molecule has 1 saturated carbocycles. The van der Waals surface area contributed by atoms with E-state index in [1.165, 1.54) is 50.1 Å². The van der Waals surface area contributed by atoms with Crippen LogP contribution in [0.2, 0.25) is 0 Å². The van der Waals surface area contributed by atoms with Crippen molar-refractivity contribution in [1.82, 2.24) is 10.6 Å². The Hall–Kier alpha value is -1.67. The van der Waals surface area contributed by atoms with Crippen LogP contribution in [0.5, 0.6) is 0 Å². The van der Waals surface area contributed by atoms with Crippen LogP contribution in [0.1, 0.15) is 50.2 Å². The zero-order chi connectivity index (χ0) is 21.3. The summed E-state index contributed by atoms with van der Waals surface area (Å²) >= 11 is 0. The molecule has 0 aromatic heterocycles. The Morgan fingerprint density at radius 1 is 1.28 bits per heavy atom. The fraction of sp³-hybridized carbons (Fsp3) is 0.667. The smallest absolute Gasteiger partial charge is 0.191 e. The first-order chi connectivity index (χ1) is 13.8. The molecule has 1 aromatic rings. The third-order valence-corrected chi connectivity index (χ3v) is 6.12. The fourth-order valence-electron chi connectivity index (χ4n) is 3.91. The van der Waals surface area contributed by atoms with Gasteiger partial charge in [-0.2, -0.15) is 0 Å². The molecule has 0 amide bonds. The molecule has 1 aromatic carbocycles. The van der Waals surface area contributed by atoms with Crippen LogP contribution in [0.25, 0.3) is 0 Å². The lowest BCUT2D eigenvalue weighted by molar-refractivity contribution is 0.0169. The number of rotatable bonds is 10. The van der Waals surface area contributed by atoms with Gasteiger partial charge in [0.15, 0.2) is 15.8 Å². The molecule has 0 spiro atoms. The molecule has 0 saturated heterocycles. The highest BCUT2D eigenvalue weighted by Gasteiger charge is 2.25. The second-order valence-electron chi connectivity index (χ2n) is 7.66. The molecule has 1 unspecified atom stereocenters. The maximum atomic E-state index is 13.7. The molecule has 1 aliphatic rings. The van der Waals surface area contributed by atoms with Crippen molar-refractivity contribution in [1.29, 1.82) is 0 Å². The summed E-state index contributed by atoms with van der Waals surface area (Å²) in [5.74, 6) is 0.727. The monoisotopic (exact) mass is 427 g/mol. The molecular formula is C21H34FN3O3S. The van der Waals surface area contributed by atoms with Crippen LogP contribution in [-0.4, -0.2) is 46.9 Å². The number of nitrogens with zero attached hydrogens (tertiary/aromatic N) is 1. The van der Waals surface area contributed by atoms with Crippen LogP contribution in [0.15, 0.2) is 23.2 Å². The molecule has 0 radical (unpaired) electrons. The summed E-state index contributed by atoms with van der Waals surface area (Å²) in [5, 5.41) is 6.43. The van der Waals surface area contributed by atoms with E-state index in [2.05, 4.69) is 15.6 Å². The summed E-state index contributed by atoms with van der Waals surface area (Å²) in [7, 11) is -1.53. The third-order valence-electron chi connectivity index (χ3n) is 5.28. The number of sulfone groups is 1. The van der Waals surface area contributed by atoms with Gasteiger partial charge in [0.1, 0.15) is 5.82 Å². The van der Waals surface area contributed by atoms with Crippen molar-refractivity contribution >= 4 is 15.8 Å². The predicted octanol–water partition coefficient (Wildman–Crippen LogP) is 3.02. The highest BCUT2D eigenvalue weighted by Crippen LogP contribution is 2.30. The zero-order valence-corrected chi connectivity index (χ0v) is 18.5. The molecule has 29 heavy (non-hydrogen) atoms. The summed E-state index contributed by atoms with van der Waals surface area (Å²) in [6.45, 7) is 3.76. The van der Waals surface area contributed by atoms with Gasteiger partial charge in [-0.15, -0.1) is 0 Å². The third kappa shape index (κ3) is 8.30. The number of guanidine groups is 1. The van der Waals surface area contributed by atoms with Crippen molar-refractivity contribution in [2.45, 2.75) is 57.4 Å². The van der Waals surface area contributed by atoms with Gasteiger partial charge >= 0.3 is 0 Å². The first-order valence-corrected chi connectivity index (χ1v) is 12.4. The molecule has 1 atom stereocenters. The number of ether oxygens (including phenoxy) is 1. The largest absolute Gasteiger partial charge is 0.378 e. The summed E-state index contributed by atoms with van der Waals surface area (Å²) in [6.07, 6.45) is 7.38. The highest BCUT2D eigenvalue weighted by atomic mass is 32.2. The SMILES string of the molecule is CCOC(CCNC(=NC)NCc1cc(F)ccc1CS(C)(=O)=O)C1CCCC1. The van der Waals surface area contributed by atoms with Crippen LogP contribution in [0, 0.1) is 11.7 Å². The Labute approximate surface area is 174 Å². The minimum atomic E-state index is -3.20. The molecule has 1 fully saturated rings. The van der Waals surface area contributed by atoms with E-state index in [1.807, 2.05) is 6.92 Å². The Morgan fingerprint density at radius 3 is 2.62 bits per heavy atom. The first kappa shape index (κ1) is 23.6. The van der Waals surface area contributed by atoms with Crippen molar-refractivity contribution in [3.05, 3.63) is 35.1 Å². The molecule has 6 nitrogen and oxygen atoms in total. The zero-order valence-electron chi connectivity index (χ0n) is 17.7. The maximum absolute atomic E-state index is 13.7. The van der Waals surface area contributed by atoms with E-state index in [0.29, 0.717) is 29.5 Å². The van der Waals surface area contributed by atoms with Crippen LogP contribution in [-0.2, 0) is 26.9 Å². The van der Waals surface area contributed by atoms with Gasteiger partial charge in [-0.3, -0.25) is 4.99 Å². The molecule has 2 rings (SSSR count). The van der Waals surface area contributed by atoms with E-state index in [1.54, 1.807) is 7.05 Å². The van der Waals surface area contributed by atoms with Crippen molar-refractivity contribution in [2.24, 2.45) is 10.9 Å². The average Bonchev–Trinajstić information content (AvgIpc) is 3.19. The van der Waals surface area contributed by atoms with Crippen molar-refractivity contribution in [2.75, 3.05) is 26.5 Å². The van der Waals surface area contributed by atoms with Gasteiger partial charge in [0, 0.05) is 33.0 Å². The van der Waals surface area contributed by atoms with Crippen LogP contribution in [0.4, 0.5) is 4.39 Å². The summed E-state index contributed by atoms with van der Waals surface area (Å²) < 4.78 is 42.9. The molecule has 1 aliphatic carbocycles. The number of nitrogens with one attached hydrogen (secondary N) is 2. The van der Waals surface area contributed by atoms with Gasteiger partial charge < -0.3 is 15.4 Å². The van der Waals surface area contributed by atoms with Gasteiger partial charge in [0.2, 0.25) is 0 Å². The van der Waals surface area contributed by atoms with Crippen LogP contribution >= 0.6 is 0 Å². The Morgan fingerprint density at radius 2 is 2.00 bits per heavy atom. The van der Waals surface area contributed by atoms with E-state index < -0.39 is 15.7 Å². The lowest BCUT2D eigenvalue weighted by Gasteiger charge is -2.24. The van der Waals surface area contributed by atoms with E-state index in [9.17, 15) is 12.8 Å². The molecule has 0 heterocycles. The van der Waals surface area contributed by atoms with Crippen LogP contribution < -0.4 is 10.6 Å². The second kappa shape index (κ2) is 11.5. The lowest BCUT2D eigenvalue weighted by atomic mass is 9.98. The van der Waals surface area contributed by atoms with Crippen molar-refractivity contribution in [3.63, 3.8) is 0 Å². The Bertz CT molecular complexity index is 777. The molecular weight excluding hydrogens is 393 g/mol. The lowest BCUT2D eigenvalue weighted by Crippen LogP contribution is -2.39. The highest BCUT2D eigenvalue weighted by molar-refractivity contribution is 7.89. The van der Waals surface area contributed by atoms with Gasteiger partial charge in [0.25, 0.3) is 0 Å². The topological polar surface area (TPSA) is 79.8 Å². The maximum Gasteiger partial charge on any atom is 0.191 e. The predicted molar refractivity (Wildman–Crippen MR) is 115 cm³/mol. The Kier molecular flexibility index (Phi) is 9.36. The van der Waals surface area contributed by atoms with Crippen molar-refractivity contribution < 1.29 is 17.5 Å². The van der Waals surface area contributed by atoms with Gasteiger partial charge in [-0.25, -0.2) is 12.8 Å². The standard InChI is InChI=1S/C21H34FN3O3S/c1-4-28-20(16-7-5-6-8-16)11-12-24-21(23-2)25-14-18-13-19(22)10-9-17(18)15-29(3,26)27/h9-10,13,16,20H,4-8,11-12,14-15H2,1-3H3,(H2,23,24,25). The molecule has 8 heteroatoms. The summed E-state index contributed by atoms with van der Waals surface area (Å²) in [5.41, 5.74) is 1.20. The quantitative estimate of drug-likeness (QED) is 0.443. The average molecular weight is 428 g/mol. The number of halogens is 1. The minimum Gasteiger partial charge on any atom is -0.378 e. The van der Waals surface area contributed by atoms with Crippen LogP contribution in [0.3, 0.4) is 0 Å². The normalized spacial score (nSPS) is 16.8. The number of benzene rings is 1. The van der Waals surface area contributed by atoms with E-state index in [0.717, 1.165) is 19.6 Å². The fourth-order valence-corrected chi connectivity index (χ4v) is 4.76. The molecule has 164 valence electrons. The Balaban J connectivity index is 1.89. The number of hydrogen-bond donors (Lipinski definition) is 2. The summed E-state index contributed by atoms with van der Waals surface area (Å²) in [6, 6.07) is 4.18. The summed E-state index contributed by atoms with van der Waals surface area (Å²) in [4.78, 5) is 4.21.